The second-order valence-electron chi connectivity index (χ2n) is 6.78. The van der Waals surface area contributed by atoms with E-state index in [4.69, 9.17) is 16.6 Å². The number of rotatable bonds is 7. The predicted octanol–water partition coefficient (Wildman–Crippen LogP) is 4.37. The molecule has 1 aliphatic rings. The molecule has 0 spiro atoms. The molecule has 0 saturated carbocycles. The van der Waals surface area contributed by atoms with Gasteiger partial charge in [0.1, 0.15) is 5.82 Å². The number of nitrogens with zero attached hydrogens (tertiary/aromatic N) is 4. The Morgan fingerprint density at radius 3 is 2.54 bits per heavy atom. The van der Waals surface area contributed by atoms with E-state index in [0.717, 1.165) is 55.2 Å². The van der Waals surface area contributed by atoms with E-state index < -0.39 is 0 Å². The first kappa shape index (κ1) is 18.8. The topological polar surface area (TPSA) is 44.3 Å². The summed E-state index contributed by atoms with van der Waals surface area (Å²) in [6.07, 6.45) is 3.65. The van der Waals surface area contributed by atoms with Gasteiger partial charge in [-0.1, -0.05) is 37.4 Å². The lowest BCUT2D eigenvalue weighted by Crippen LogP contribution is -2.47. The lowest BCUT2D eigenvalue weighted by Gasteiger charge is -2.36. The van der Waals surface area contributed by atoms with Crippen molar-refractivity contribution in [2.75, 3.05) is 47.8 Å². The summed E-state index contributed by atoms with van der Waals surface area (Å²) >= 11 is 6.12. The molecule has 1 aliphatic heterocycles. The Bertz CT molecular complexity index is 713. The van der Waals surface area contributed by atoms with Crippen LogP contribution in [0.15, 0.2) is 30.3 Å². The number of nitrogens with one attached hydrogen (secondary N) is 1. The number of aryl methyl sites for hydroxylation is 1. The summed E-state index contributed by atoms with van der Waals surface area (Å²) < 4.78 is 0. The van der Waals surface area contributed by atoms with Crippen LogP contribution in [0.3, 0.4) is 0 Å². The van der Waals surface area contributed by atoms with Crippen molar-refractivity contribution in [3.8, 4) is 0 Å². The van der Waals surface area contributed by atoms with Crippen LogP contribution in [0.4, 0.5) is 17.5 Å². The Morgan fingerprint density at radius 1 is 1.04 bits per heavy atom. The minimum atomic E-state index is 0.783. The van der Waals surface area contributed by atoms with E-state index in [2.05, 4.69) is 33.1 Å². The molecule has 0 bridgehead atoms. The summed E-state index contributed by atoms with van der Waals surface area (Å²) in [7, 11) is 0. The highest BCUT2D eigenvalue weighted by atomic mass is 35.5. The smallest absolute Gasteiger partial charge is 0.227 e. The number of benzene rings is 1. The van der Waals surface area contributed by atoms with Crippen LogP contribution in [0.25, 0.3) is 0 Å². The van der Waals surface area contributed by atoms with Gasteiger partial charge in [-0.3, -0.25) is 0 Å². The van der Waals surface area contributed by atoms with E-state index in [1.807, 2.05) is 31.2 Å². The van der Waals surface area contributed by atoms with Gasteiger partial charge in [-0.25, -0.2) is 4.98 Å². The Labute approximate surface area is 161 Å². The van der Waals surface area contributed by atoms with Gasteiger partial charge in [0.15, 0.2) is 0 Å². The highest BCUT2D eigenvalue weighted by Crippen LogP contribution is 2.22. The monoisotopic (exact) mass is 373 g/mol. The number of hydrogen-bond acceptors (Lipinski definition) is 5. The minimum absolute atomic E-state index is 0.783. The van der Waals surface area contributed by atoms with E-state index in [9.17, 15) is 0 Å². The molecule has 1 saturated heterocycles. The quantitative estimate of drug-likeness (QED) is 0.730. The maximum absolute atomic E-state index is 6.12. The van der Waals surface area contributed by atoms with Crippen molar-refractivity contribution in [3.05, 3.63) is 41.0 Å². The van der Waals surface area contributed by atoms with Gasteiger partial charge in [0.2, 0.25) is 5.95 Å². The van der Waals surface area contributed by atoms with Crippen LogP contribution in [0.1, 0.15) is 31.9 Å². The Morgan fingerprint density at radius 2 is 1.81 bits per heavy atom. The minimum Gasteiger partial charge on any atom is -0.370 e. The molecule has 0 unspecified atom stereocenters. The van der Waals surface area contributed by atoms with E-state index in [-0.39, 0.29) is 0 Å². The number of halogens is 1. The zero-order valence-corrected chi connectivity index (χ0v) is 16.5. The molecule has 0 radical (unpaired) electrons. The largest absolute Gasteiger partial charge is 0.370 e. The lowest BCUT2D eigenvalue weighted by atomic mass is 10.2. The van der Waals surface area contributed by atoms with Crippen LogP contribution in [-0.4, -0.2) is 42.7 Å². The van der Waals surface area contributed by atoms with E-state index in [0.29, 0.717) is 0 Å². The third-order valence-corrected chi connectivity index (χ3v) is 4.90. The second kappa shape index (κ2) is 9.08. The van der Waals surface area contributed by atoms with Gasteiger partial charge in [0.25, 0.3) is 0 Å². The Balaban J connectivity index is 1.61. The lowest BCUT2D eigenvalue weighted by molar-refractivity contribution is 0.639. The van der Waals surface area contributed by atoms with Crippen LogP contribution in [0.2, 0.25) is 5.02 Å². The first-order chi connectivity index (χ1) is 12.7. The molecular formula is C20H28ClN5. The Kier molecular flexibility index (Phi) is 6.56. The number of hydrogen-bond donors (Lipinski definition) is 1. The molecule has 5 nitrogen and oxygen atoms in total. The van der Waals surface area contributed by atoms with Crippen LogP contribution in [0.5, 0.6) is 0 Å². The van der Waals surface area contributed by atoms with Crippen molar-refractivity contribution in [2.24, 2.45) is 0 Å². The van der Waals surface area contributed by atoms with Crippen LogP contribution in [0, 0.1) is 6.92 Å². The molecule has 0 amide bonds. The molecule has 2 heterocycles. The maximum Gasteiger partial charge on any atom is 0.227 e. The fraction of sp³-hybridized carbons (Fsp3) is 0.500. The molecule has 26 heavy (non-hydrogen) atoms. The maximum atomic E-state index is 6.12. The third kappa shape index (κ3) is 5.01. The molecule has 1 fully saturated rings. The predicted molar refractivity (Wildman–Crippen MR) is 111 cm³/mol. The first-order valence-electron chi connectivity index (χ1n) is 9.50. The zero-order chi connectivity index (χ0) is 18.4. The molecule has 1 N–H and O–H groups in total. The van der Waals surface area contributed by atoms with Gasteiger partial charge >= 0.3 is 0 Å². The van der Waals surface area contributed by atoms with E-state index in [1.54, 1.807) is 0 Å². The van der Waals surface area contributed by atoms with Crippen LogP contribution >= 0.6 is 11.6 Å². The molecule has 3 rings (SSSR count). The summed E-state index contributed by atoms with van der Waals surface area (Å²) in [5.41, 5.74) is 2.19. The van der Waals surface area contributed by atoms with Gasteiger partial charge in [0.05, 0.1) is 0 Å². The molecule has 0 atom stereocenters. The van der Waals surface area contributed by atoms with Gasteiger partial charge in [-0.15, -0.1) is 0 Å². The van der Waals surface area contributed by atoms with Crippen molar-refractivity contribution in [1.29, 1.82) is 0 Å². The van der Waals surface area contributed by atoms with Crippen molar-refractivity contribution < 1.29 is 0 Å². The number of anilines is 3. The van der Waals surface area contributed by atoms with Gasteiger partial charge in [-0.05, 0) is 31.5 Å². The molecule has 0 aliphatic carbocycles. The fourth-order valence-corrected chi connectivity index (χ4v) is 3.40. The number of unbranched alkanes of at least 4 members (excludes halogenated alkanes) is 2. The third-order valence-electron chi connectivity index (χ3n) is 4.66. The van der Waals surface area contributed by atoms with Crippen LogP contribution < -0.4 is 15.1 Å². The first-order valence-corrected chi connectivity index (χ1v) is 9.88. The number of piperazine rings is 1. The summed E-state index contributed by atoms with van der Waals surface area (Å²) in [5, 5.41) is 4.22. The highest BCUT2D eigenvalue weighted by molar-refractivity contribution is 6.30. The van der Waals surface area contributed by atoms with Gasteiger partial charge in [-0.2, -0.15) is 4.98 Å². The zero-order valence-electron chi connectivity index (χ0n) is 15.7. The molecule has 1 aromatic carbocycles. The van der Waals surface area contributed by atoms with Crippen molar-refractivity contribution in [2.45, 2.75) is 33.1 Å². The Hall–Kier alpha value is -2.01. The average molecular weight is 374 g/mol. The molecule has 140 valence electrons. The summed E-state index contributed by atoms with van der Waals surface area (Å²) in [5.74, 6) is 1.76. The summed E-state index contributed by atoms with van der Waals surface area (Å²) in [6.45, 7) is 8.91. The fourth-order valence-electron chi connectivity index (χ4n) is 3.21. The summed E-state index contributed by atoms with van der Waals surface area (Å²) in [4.78, 5) is 14.0. The molecule has 2 aromatic rings. The van der Waals surface area contributed by atoms with Crippen molar-refractivity contribution in [1.82, 2.24) is 9.97 Å². The van der Waals surface area contributed by atoms with Crippen molar-refractivity contribution >= 4 is 29.1 Å². The number of aromatic nitrogens is 2. The molecule has 1 aromatic heterocycles. The van der Waals surface area contributed by atoms with Gasteiger partial charge < -0.3 is 15.1 Å². The SMILES string of the molecule is CCCCCNc1cc(C)nc(N2CCN(c3cccc(Cl)c3)CC2)n1. The van der Waals surface area contributed by atoms with E-state index in [1.165, 1.54) is 24.9 Å². The normalized spacial score (nSPS) is 14.6. The highest BCUT2D eigenvalue weighted by Gasteiger charge is 2.20. The van der Waals surface area contributed by atoms with E-state index >= 15 is 0 Å². The average Bonchev–Trinajstić information content (AvgIpc) is 2.65. The standard InChI is InChI=1S/C20H28ClN5/c1-3-4-5-9-22-19-14-16(2)23-20(24-19)26-12-10-25(11-13-26)18-8-6-7-17(21)15-18/h6-8,14-15H,3-5,9-13H2,1-2H3,(H,22,23,24). The second-order valence-corrected chi connectivity index (χ2v) is 7.22. The van der Waals surface area contributed by atoms with Crippen LogP contribution in [-0.2, 0) is 0 Å². The summed E-state index contributed by atoms with van der Waals surface area (Å²) in [6, 6.07) is 10.1. The molecular weight excluding hydrogens is 346 g/mol. The van der Waals surface area contributed by atoms with Crippen molar-refractivity contribution in [3.63, 3.8) is 0 Å². The molecule has 6 heteroatoms. The van der Waals surface area contributed by atoms with Gasteiger partial charge in [0, 0.05) is 55.2 Å².